The molecule has 9 heteroatoms. The summed E-state index contributed by atoms with van der Waals surface area (Å²) in [6.45, 7) is 0. The molecule has 0 saturated carbocycles. The topological polar surface area (TPSA) is 58.5 Å². The molecule has 126 valence electrons. The van der Waals surface area contributed by atoms with Gasteiger partial charge < -0.3 is 0 Å². The van der Waals surface area contributed by atoms with Crippen molar-refractivity contribution in [3.63, 3.8) is 0 Å². The van der Waals surface area contributed by atoms with E-state index in [9.17, 15) is 22.8 Å². The van der Waals surface area contributed by atoms with E-state index in [4.69, 9.17) is 0 Å². The van der Waals surface area contributed by atoms with E-state index in [0.717, 1.165) is 11.3 Å². The third-order valence-corrected chi connectivity index (χ3v) is 4.12. The lowest BCUT2D eigenvalue weighted by atomic mass is 10.1. The number of alkyl halides is 3. The van der Waals surface area contributed by atoms with Crippen LogP contribution in [0.1, 0.15) is 26.5 Å². The van der Waals surface area contributed by atoms with Gasteiger partial charge in [0.05, 0.1) is 11.3 Å². The Morgan fingerprint density at radius 1 is 1.21 bits per heavy atom. The molecule has 24 heavy (non-hydrogen) atoms. The summed E-state index contributed by atoms with van der Waals surface area (Å²) >= 11 is 4.18. The number of Topliss-reactive ketones (excluding diaryl/α,β-unsaturated/α-hetero) is 1. The van der Waals surface area contributed by atoms with Crippen LogP contribution < -0.4 is 5.43 Å². The average Bonchev–Trinajstić information content (AvgIpc) is 3.03. The molecule has 4 nitrogen and oxygen atoms in total. The van der Waals surface area contributed by atoms with E-state index in [1.807, 2.05) is 5.43 Å². The van der Waals surface area contributed by atoms with Crippen molar-refractivity contribution in [2.45, 2.75) is 12.6 Å². The van der Waals surface area contributed by atoms with Crippen LogP contribution in [0.15, 0.2) is 51.4 Å². The third-order valence-electron chi connectivity index (χ3n) is 2.75. The van der Waals surface area contributed by atoms with E-state index >= 15 is 0 Å². The summed E-state index contributed by atoms with van der Waals surface area (Å²) in [7, 11) is 0. The maximum absolute atomic E-state index is 12.7. The van der Waals surface area contributed by atoms with Gasteiger partial charge in [0.25, 0.3) is 5.91 Å². The standard InChI is InChI=1S/C15H10BrF3N2O2S/c16-10-4-1-3-9(7-10)14(23)21-20-11(8-15(17,18)19)13(22)12-5-2-6-24-12/h1-7H,8H2,(H,21,23)/b20-11+. The first-order chi connectivity index (χ1) is 11.3. The molecular weight excluding hydrogens is 409 g/mol. The lowest BCUT2D eigenvalue weighted by Gasteiger charge is -2.08. The van der Waals surface area contributed by atoms with Crippen molar-refractivity contribution in [2.24, 2.45) is 5.10 Å². The van der Waals surface area contributed by atoms with Gasteiger partial charge in [0.1, 0.15) is 5.71 Å². The molecular formula is C15H10BrF3N2O2S. The molecule has 0 radical (unpaired) electrons. The smallest absolute Gasteiger partial charge is 0.286 e. The highest BCUT2D eigenvalue weighted by Crippen LogP contribution is 2.22. The van der Waals surface area contributed by atoms with Crippen LogP contribution in [0.2, 0.25) is 0 Å². The SMILES string of the molecule is O=C(N/N=C(\CC(F)(F)F)C(=O)c1cccs1)c1cccc(Br)c1. The molecule has 1 N–H and O–H groups in total. The van der Waals surface area contributed by atoms with E-state index in [1.165, 1.54) is 18.2 Å². The van der Waals surface area contributed by atoms with Crippen molar-refractivity contribution >= 4 is 44.7 Å². The van der Waals surface area contributed by atoms with E-state index in [0.29, 0.717) is 4.47 Å². The maximum atomic E-state index is 12.7. The number of hydrogen-bond donors (Lipinski definition) is 1. The van der Waals surface area contributed by atoms with E-state index in [-0.39, 0.29) is 10.4 Å². The maximum Gasteiger partial charge on any atom is 0.394 e. The fourth-order valence-electron chi connectivity index (χ4n) is 1.72. The normalized spacial score (nSPS) is 12.1. The van der Waals surface area contributed by atoms with Crippen LogP contribution in [0.25, 0.3) is 0 Å². The van der Waals surface area contributed by atoms with Crippen LogP contribution in [0, 0.1) is 0 Å². The zero-order chi connectivity index (χ0) is 17.7. The molecule has 1 heterocycles. The highest BCUT2D eigenvalue weighted by Gasteiger charge is 2.33. The van der Waals surface area contributed by atoms with Crippen molar-refractivity contribution in [3.05, 3.63) is 56.7 Å². The summed E-state index contributed by atoms with van der Waals surface area (Å²) in [5.74, 6) is -1.58. The minimum Gasteiger partial charge on any atom is -0.286 e. The summed E-state index contributed by atoms with van der Waals surface area (Å²) in [5, 5.41) is 4.98. The van der Waals surface area contributed by atoms with Gasteiger partial charge in [0.2, 0.25) is 5.78 Å². The number of carbonyl (C=O) groups excluding carboxylic acids is 2. The summed E-state index contributed by atoms with van der Waals surface area (Å²) in [6, 6.07) is 9.18. The molecule has 0 aliphatic rings. The highest BCUT2D eigenvalue weighted by atomic mass is 79.9. The Kier molecular flexibility index (Phi) is 5.89. The van der Waals surface area contributed by atoms with Crippen LogP contribution >= 0.6 is 27.3 Å². The Morgan fingerprint density at radius 3 is 2.54 bits per heavy atom. The number of carbonyl (C=O) groups is 2. The van der Waals surface area contributed by atoms with Crippen LogP contribution in [-0.2, 0) is 0 Å². The molecule has 0 aliphatic carbocycles. The largest absolute Gasteiger partial charge is 0.394 e. The molecule has 0 aliphatic heterocycles. The Labute approximate surface area is 147 Å². The minimum atomic E-state index is -4.62. The van der Waals surface area contributed by atoms with Crippen LogP contribution in [-0.4, -0.2) is 23.6 Å². The van der Waals surface area contributed by atoms with Gasteiger partial charge in [-0.2, -0.15) is 18.3 Å². The van der Waals surface area contributed by atoms with Crippen molar-refractivity contribution in [1.82, 2.24) is 5.43 Å². The number of nitrogens with zero attached hydrogens (tertiary/aromatic N) is 1. The van der Waals surface area contributed by atoms with E-state index < -0.39 is 30.0 Å². The predicted octanol–water partition coefficient (Wildman–Crippen LogP) is 4.43. The number of rotatable bonds is 5. The van der Waals surface area contributed by atoms with Gasteiger partial charge in [-0.05, 0) is 29.6 Å². The Balaban J connectivity index is 2.21. The Morgan fingerprint density at radius 2 is 1.96 bits per heavy atom. The van der Waals surface area contributed by atoms with Crippen molar-refractivity contribution in [2.75, 3.05) is 0 Å². The van der Waals surface area contributed by atoms with Crippen molar-refractivity contribution in [3.8, 4) is 0 Å². The van der Waals surface area contributed by atoms with Crippen LogP contribution in [0.3, 0.4) is 0 Å². The van der Waals surface area contributed by atoms with E-state index in [1.54, 1.807) is 23.6 Å². The first-order valence-electron chi connectivity index (χ1n) is 6.54. The molecule has 0 atom stereocenters. The predicted molar refractivity (Wildman–Crippen MR) is 88.4 cm³/mol. The monoisotopic (exact) mass is 418 g/mol. The second-order valence-electron chi connectivity index (χ2n) is 4.61. The zero-order valence-corrected chi connectivity index (χ0v) is 14.3. The average molecular weight is 419 g/mol. The molecule has 0 bridgehead atoms. The van der Waals surface area contributed by atoms with Gasteiger partial charge in [-0.3, -0.25) is 9.59 Å². The second-order valence-corrected chi connectivity index (χ2v) is 6.47. The third kappa shape index (κ3) is 5.27. The number of hydrazone groups is 1. The summed E-state index contributed by atoms with van der Waals surface area (Å²) in [5.41, 5.74) is 1.43. The van der Waals surface area contributed by atoms with Gasteiger partial charge in [0, 0.05) is 10.0 Å². The highest BCUT2D eigenvalue weighted by molar-refractivity contribution is 9.10. The molecule has 2 aromatic rings. The lowest BCUT2D eigenvalue weighted by Crippen LogP contribution is -2.27. The zero-order valence-electron chi connectivity index (χ0n) is 11.9. The number of nitrogens with one attached hydrogen (secondary N) is 1. The number of ketones is 1. The van der Waals surface area contributed by atoms with Gasteiger partial charge in [-0.1, -0.05) is 28.1 Å². The van der Waals surface area contributed by atoms with Crippen molar-refractivity contribution in [1.29, 1.82) is 0 Å². The number of amides is 1. The van der Waals surface area contributed by atoms with Crippen LogP contribution in [0.5, 0.6) is 0 Å². The first-order valence-corrected chi connectivity index (χ1v) is 8.21. The van der Waals surface area contributed by atoms with E-state index in [2.05, 4.69) is 21.0 Å². The molecule has 1 aromatic carbocycles. The van der Waals surface area contributed by atoms with Gasteiger partial charge in [-0.25, -0.2) is 5.43 Å². The fraction of sp³-hybridized carbons (Fsp3) is 0.133. The molecule has 0 fully saturated rings. The second kappa shape index (κ2) is 7.71. The summed E-state index contributed by atoms with van der Waals surface area (Å²) in [6.07, 6.45) is -6.14. The molecule has 1 aromatic heterocycles. The van der Waals surface area contributed by atoms with Crippen LogP contribution in [0.4, 0.5) is 13.2 Å². The van der Waals surface area contributed by atoms with Gasteiger partial charge in [0.15, 0.2) is 0 Å². The number of hydrogen-bond acceptors (Lipinski definition) is 4. The Bertz CT molecular complexity index is 773. The van der Waals surface area contributed by atoms with Crippen molar-refractivity contribution < 1.29 is 22.8 Å². The molecule has 0 saturated heterocycles. The van der Waals surface area contributed by atoms with Gasteiger partial charge >= 0.3 is 6.18 Å². The molecule has 2 rings (SSSR count). The number of thiophene rings is 1. The molecule has 0 spiro atoms. The van der Waals surface area contributed by atoms with Gasteiger partial charge in [-0.15, -0.1) is 11.3 Å². The first kappa shape index (κ1) is 18.3. The summed E-state index contributed by atoms with van der Waals surface area (Å²) < 4.78 is 38.6. The quantitative estimate of drug-likeness (QED) is 0.443. The lowest BCUT2D eigenvalue weighted by molar-refractivity contribution is -0.121. The molecule has 1 amide bonds. The number of halogens is 4. The number of benzene rings is 1. The minimum absolute atomic E-state index is 0.120. The molecule has 0 unspecified atom stereocenters. The fourth-order valence-corrected chi connectivity index (χ4v) is 2.81. The summed E-state index contributed by atoms with van der Waals surface area (Å²) in [4.78, 5) is 24.2. The Hall–Kier alpha value is -2.00.